The summed E-state index contributed by atoms with van der Waals surface area (Å²) in [5.74, 6) is 0.0289. The fourth-order valence-corrected chi connectivity index (χ4v) is 5.27. The molecule has 2 atom stereocenters. The van der Waals surface area contributed by atoms with Gasteiger partial charge in [-0.05, 0) is 90.4 Å². The van der Waals surface area contributed by atoms with Crippen molar-refractivity contribution in [2.75, 3.05) is 0 Å². The molecule has 5 heteroatoms. The molecule has 0 saturated carbocycles. The fraction of sp³-hybridized carbons (Fsp3) is 0.259. The highest BCUT2D eigenvalue weighted by molar-refractivity contribution is 5.99. The lowest BCUT2D eigenvalue weighted by molar-refractivity contribution is 0.0966. The highest BCUT2D eigenvalue weighted by Gasteiger charge is 2.26. The summed E-state index contributed by atoms with van der Waals surface area (Å²) in [6.07, 6.45) is 7.12. The number of pyridine rings is 1. The molecular formula is C27H26N4O. The quantitative estimate of drug-likeness (QED) is 0.423. The Labute approximate surface area is 187 Å². The van der Waals surface area contributed by atoms with Crippen molar-refractivity contribution in [3.05, 3.63) is 88.9 Å². The molecule has 0 spiro atoms. The van der Waals surface area contributed by atoms with Crippen molar-refractivity contribution < 1.29 is 4.79 Å². The zero-order valence-corrected chi connectivity index (χ0v) is 18.1. The fourth-order valence-electron chi connectivity index (χ4n) is 5.27. The van der Waals surface area contributed by atoms with E-state index in [2.05, 4.69) is 70.0 Å². The lowest BCUT2D eigenvalue weighted by Crippen LogP contribution is -2.27. The molecule has 5 nitrogen and oxygen atoms in total. The topological polar surface area (TPSA) is 69.8 Å². The zero-order valence-electron chi connectivity index (χ0n) is 18.1. The van der Waals surface area contributed by atoms with Gasteiger partial charge in [-0.2, -0.15) is 0 Å². The highest BCUT2D eigenvalue weighted by Crippen LogP contribution is 2.38. The van der Waals surface area contributed by atoms with Crippen molar-refractivity contribution in [3.8, 4) is 11.1 Å². The van der Waals surface area contributed by atoms with E-state index in [1.807, 2.05) is 18.5 Å². The van der Waals surface area contributed by atoms with Gasteiger partial charge in [-0.1, -0.05) is 12.1 Å². The molecule has 1 amide bonds. The molecule has 0 saturated heterocycles. The van der Waals surface area contributed by atoms with Gasteiger partial charge in [-0.3, -0.25) is 9.78 Å². The van der Waals surface area contributed by atoms with E-state index < -0.39 is 0 Å². The molecule has 1 unspecified atom stereocenters. The van der Waals surface area contributed by atoms with Gasteiger partial charge in [0.2, 0.25) is 0 Å². The largest absolute Gasteiger partial charge is 0.357 e. The van der Waals surface area contributed by atoms with Crippen LogP contribution in [0.3, 0.4) is 0 Å². The van der Waals surface area contributed by atoms with E-state index in [0.29, 0.717) is 12.6 Å². The van der Waals surface area contributed by atoms with Crippen LogP contribution in [0.4, 0.5) is 0 Å². The minimum Gasteiger partial charge on any atom is -0.357 e. The molecule has 6 rings (SSSR count). The number of rotatable bonds is 4. The Balaban J connectivity index is 1.34. The molecule has 2 aliphatic rings. The van der Waals surface area contributed by atoms with Crippen molar-refractivity contribution in [1.82, 2.24) is 20.6 Å². The van der Waals surface area contributed by atoms with E-state index >= 15 is 0 Å². The van der Waals surface area contributed by atoms with Crippen molar-refractivity contribution in [1.29, 1.82) is 0 Å². The van der Waals surface area contributed by atoms with Crippen LogP contribution < -0.4 is 10.6 Å². The van der Waals surface area contributed by atoms with E-state index in [1.54, 1.807) is 0 Å². The molecule has 0 fully saturated rings. The maximum atomic E-state index is 11.9. The summed E-state index contributed by atoms with van der Waals surface area (Å²) in [7, 11) is 0. The number of fused-ring (bicyclic) bond motifs is 4. The van der Waals surface area contributed by atoms with Crippen molar-refractivity contribution in [2.45, 2.75) is 44.8 Å². The molecule has 1 aliphatic carbocycles. The maximum absolute atomic E-state index is 11.9. The average molecular weight is 423 g/mol. The van der Waals surface area contributed by atoms with Gasteiger partial charge < -0.3 is 15.6 Å². The first-order chi connectivity index (χ1) is 15.7. The van der Waals surface area contributed by atoms with Crippen LogP contribution in [0.1, 0.15) is 64.6 Å². The van der Waals surface area contributed by atoms with Crippen LogP contribution in [0.2, 0.25) is 0 Å². The Morgan fingerprint density at radius 2 is 1.88 bits per heavy atom. The SMILES string of the molecule is C[C@@H](NC1CCCc2c1[nH]c1ccc(-c3ccc4c(c3)CNC4=O)cc21)c1ccncc1. The number of carbonyl (C=O) groups excluding carboxylic acids is 1. The van der Waals surface area contributed by atoms with Crippen LogP contribution in [-0.2, 0) is 13.0 Å². The number of hydrogen-bond acceptors (Lipinski definition) is 3. The number of aryl methyl sites for hydroxylation is 1. The summed E-state index contributed by atoms with van der Waals surface area (Å²) in [6, 6.07) is 17.6. The Hall–Kier alpha value is -3.44. The van der Waals surface area contributed by atoms with E-state index in [1.165, 1.54) is 39.7 Å². The summed E-state index contributed by atoms with van der Waals surface area (Å²) < 4.78 is 0. The molecule has 1 aliphatic heterocycles. The van der Waals surface area contributed by atoms with Crippen LogP contribution in [0.5, 0.6) is 0 Å². The van der Waals surface area contributed by atoms with Crippen LogP contribution in [0.25, 0.3) is 22.0 Å². The first kappa shape index (κ1) is 19.3. The molecule has 160 valence electrons. The van der Waals surface area contributed by atoms with Gasteiger partial charge in [0, 0.05) is 53.2 Å². The third kappa shape index (κ3) is 3.21. The molecular weight excluding hydrogens is 396 g/mol. The first-order valence-electron chi connectivity index (χ1n) is 11.4. The molecule has 3 heterocycles. The highest BCUT2D eigenvalue weighted by atomic mass is 16.1. The van der Waals surface area contributed by atoms with Gasteiger partial charge >= 0.3 is 0 Å². The smallest absolute Gasteiger partial charge is 0.251 e. The molecule has 4 aromatic rings. The first-order valence-corrected chi connectivity index (χ1v) is 11.4. The summed E-state index contributed by atoms with van der Waals surface area (Å²) in [6.45, 7) is 2.84. The number of nitrogens with zero attached hydrogens (tertiary/aromatic N) is 1. The van der Waals surface area contributed by atoms with Crippen LogP contribution in [-0.4, -0.2) is 15.9 Å². The van der Waals surface area contributed by atoms with Gasteiger partial charge in [0.1, 0.15) is 0 Å². The predicted octanol–water partition coefficient (Wildman–Crippen LogP) is 5.20. The van der Waals surface area contributed by atoms with Gasteiger partial charge in [0.05, 0.1) is 0 Å². The molecule has 0 bridgehead atoms. The number of benzene rings is 2. The van der Waals surface area contributed by atoms with Crippen LogP contribution in [0.15, 0.2) is 60.9 Å². The number of hydrogen-bond donors (Lipinski definition) is 3. The second-order valence-corrected chi connectivity index (χ2v) is 8.95. The van der Waals surface area contributed by atoms with E-state index in [-0.39, 0.29) is 11.9 Å². The van der Waals surface area contributed by atoms with Gasteiger partial charge in [0.15, 0.2) is 0 Å². The summed E-state index contributed by atoms with van der Waals surface area (Å²) in [4.78, 5) is 19.7. The standard InChI is InChI=1S/C27H26N4O/c1-16(17-9-11-28-12-10-17)30-25-4-2-3-22-23-14-19(6-8-24(23)31-26(22)25)18-5-7-21-20(13-18)15-29-27(21)32/h5-14,16,25,30-31H,2-4,15H2,1H3,(H,29,32)/t16-,25?/m1/s1. The second-order valence-electron chi connectivity index (χ2n) is 8.95. The molecule has 0 radical (unpaired) electrons. The Morgan fingerprint density at radius 3 is 2.75 bits per heavy atom. The average Bonchev–Trinajstić information content (AvgIpc) is 3.40. The Kier molecular flexibility index (Phi) is 4.58. The van der Waals surface area contributed by atoms with Gasteiger partial charge in [-0.15, -0.1) is 0 Å². The summed E-state index contributed by atoms with van der Waals surface area (Å²) in [5, 5.41) is 8.06. The number of carbonyl (C=O) groups is 1. The number of aromatic amines is 1. The van der Waals surface area contributed by atoms with E-state index in [9.17, 15) is 4.79 Å². The van der Waals surface area contributed by atoms with Crippen molar-refractivity contribution in [2.24, 2.45) is 0 Å². The molecule has 2 aromatic heterocycles. The van der Waals surface area contributed by atoms with E-state index in [4.69, 9.17) is 0 Å². The zero-order chi connectivity index (χ0) is 21.7. The Bertz CT molecular complexity index is 1320. The predicted molar refractivity (Wildman–Crippen MR) is 126 cm³/mol. The second kappa shape index (κ2) is 7.61. The summed E-state index contributed by atoms with van der Waals surface area (Å²) in [5.41, 5.74) is 9.45. The molecule has 2 aromatic carbocycles. The minimum absolute atomic E-state index is 0.0289. The monoisotopic (exact) mass is 422 g/mol. The van der Waals surface area contributed by atoms with Gasteiger partial charge in [-0.25, -0.2) is 0 Å². The van der Waals surface area contributed by atoms with E-state index in [0.717, 1.165) is 29.5 Å². The lowest BCUT2D eigenvalue weighted by Gasteiger charge is -2.27. The normalized spacial score (nSPS) is 18.3. The number of H-pyrrole nitrogens is 1. The van der Waals surface area contributed by atoms with Gasteiger partial charge in [0.25, 0.3) is 5.91 Å². The lowest BCUT2D eigenvalue weighted by atomic mass is 9.90. The number of aromatic nitrogens is 2. The Morgan fingerprint density at radius 1 is 1.06 bits per heavy atom. The number of nitrogens with one attached hydrogen (secondary N) is 3. The van der Waals surface area contributed by atoms with Crippen molar-refractivity contribution >= 4 is 16.8 Å². The van der Waals surface area contributed by atoms with Crippen LogP contribution >= 0.6 is 0 Å². The third-order valence-corrected chi connectivity index (χ3v) is 6.99. The number of amides is 1. The van der Waals surface area contributed by atoms with Crippen LogP contribution in [0, 0.1) is 0 Å². The maximum Gasteiger partial charge on any atom is 0.251 e. The molecule has 3 N–H and O–H groups in total. The third-order valence-electron chi connectivity index (χ3n) is 6.99. The summed E-state index contributed by atoms with van der Waals surface area (Å²) >= 11 is 0. The molecule has 32 heavy (non-hydrogen) atoms. The minimum atomic E-state index is 0.0289. The van der Waals surface area contributed by atoms with Crippen molar-refractivity contribution in [3.63, 3.8) is 0 Å².